The summed E-state index contributed by atoms with van der Waals surface area (Å²) in [5.41, 5.74) is 1.33. The van der Waals surface area contributed by atoms with E-state index in [4.69, 9.17) is 4.42 Å². The minimum atomic E-state index is -3.66. The van der Waals surface area contributed by atoms with E-state index in [1.807, 2.05) is 19.1 Å². The third-order valence-corrected chi connectivity index (χ3v) is 4.64. The highest BCUT2D eigenvalue weighted by atomic mass is 32.2. The van der Waals surface area contributed by atoms with Gasteiger partial charge >= 0.3 is 0 Å². The average molecular weight is 317 g/mol. The highest BCUT2D eigenvalue weighted by Crippen LogP contribution is 2.28. The number of nitrogens with one attached hydrogen (secondary N) is 2. The zero-order chi connectivity index (χ0) is 15.7. The second-order valence-corrected chi connectivity index (χ2v) is 6.58. The summed E-state index contributed by atoms with van der Waals surface area (Å²) in [6, 6.07) is 11.8. The number of aryl methyl sites for hydroxylation is 1. The minimum Gasteiger partial charge on any atom is -0.460 e. The molecule has 0 amide bonds. The fraction of sp³-hybridized carbons (Fsp3) is 0.133. The van der Waals surface area contributed by atoms with Crippen LogP contribution in [0.3, 0.4) is 0 Å². The number of benzene rings is 1. The maximum Gasteiger partial charge on any atom is 0.263 e. The quantitative estimate of drug-likeness (QED) is 0.774. The van der Waals surface area contributed by atoms with Gasteiger partial charge in [-0.05, 0) is 38.1 Å². The summed E-state index contributed by atoms with van der Waals surface area (Å²) >= 11 is 0. The molecule has 0 bridgehead atoms. The van der Waals surface area contributed by atoms with Gasteiger partial charge in [0, 0.05) is 5.56 Å². The Bertz CT molecular complexity index is 895. The van der Waals surface area contributed by atoms with Gasteiger partial charge in [0.15, 0.2) is 11.6 Å². The Balaban J connectivity index is 1.93. The zero-order valence-electron chi connectivity index (χ0n) is 12.1. The summed E-state index contributed by atoms with van der Waals surface area (Å²) in [5.74, 6) is 1.65. The summed E-state index contributed by atoms with van der Waals surface area (Å²) in [7, 11) is -3.66. The molecular weight excluding hydrogens is 302 g/mol. The molecule has 2 heterocycles. The van der Waals surface area contributed by atoms with Crippen LogP contribution in [0.4, 0.5) is 5.82 Å². The molecule has 2 aromatic heterocycles. The van der Waals surface area contributed by atoms with E-state index in [2.05, 4.69) is 14.9 Å². The number of aromatic amines is 1. The number of sulfonamides is 1. The van der Waals surface area contributed by atoms with Crippen LogP contribution in [0.2, 0.25) is 0 Å². The maximum atomic E-state index is 12.3. The molecule has 0 saturated carbocycles. The van der Waals surface area contributed by atoms with Gasteiger partial charge in [0.05, 0.1) is 4.90 Å². The van der Waals surface area contributed by atoms with Crippen molar-refractivity contribution < 1.29 is 12.8 Å². The first-order chi connectivity index (χ1) is 10.5. The van der Waals surface area contributed by atoms with Crippen LogP contribution < -0.4 is 4.72 Å². The highest BCUT2D eigenvalue weighted by molar-refractivity contribution is 7.92. The van der Waals surface area contributed by atoms with Crippen molar-refractivity contribution in [3.63, 3.8) is 0 Å². The molecule has 0 aliphatic rings. The van der Waals surface area contributed by atoms with Crippen LogP contribution in [-0.4, -0.2) is 18.6 Å². The van der Waals surface area contributed by atoms with Crippen LogP contribution in [0.25, 0.3) is 11.5 Å². The first kappa shape index (κ1) is 14.4. The molecule has 1 aromatic carbocycles. The van der Waals surface area contributed by atoms with Crippen LogP contribution >= 0.6 is 0 Å². The number of aromatic nitrogens is 2. The zero-order valence-corrected chi connectivity index (χ0v) is 12.9. The van der Waals surface area contributed by atoms with E-state index < -0.39 is 10.0 Å². The molecule has 0 aliphatic heterocycles. The highest BCUT2D eigenvalue weighted by Gasteiger charge is 2.19. The lowest BCUT2D eigenvalue weighted by Crippen LogP contribution is -2.13. The molecule has 0 radical (unpaired) electrons. The number of furan rings is 1. The average Bonchev–Trinajstić information content (AvgIpc) is 3.07. The van der Waals surface area contributed by atoms with Gasteiger partial charge in [0.2, 0.25) is 0 Å². The van der Waals surface area contributed by atoms with Gasteiger partial charge < -0.3 is 4.42 Å². The van der Waals surface area contributed by atoms with E-state index in [-0.39, 0.29) is 10.7 Å². The van der Waals surface area contributed by atoms with Gasteiger partial charge in [-0.3, -0.25) is 9.82 Å². The van der Waals surface area contributed by atoms with Gasteiger partial charge in [-0.2, -0.15) is 5.10 Å². The number of hydrogen-bond donors (Lipinski definition) is 2. The Morgan fingerprint density at radius 1 is 1.09 bits per heavy atom. The summed E-state index contributed by atoms with van der Waals surface area (Å²) < 4.78 is 32.6. The molecule has 2 N–H and O–H groups in total. The number of hydrogen-bond acceptors (Lipinski definition) is 4. The minimum absolute atomic E-state index is 0.188. The van der Waals surface area contributed by atoms with Crippen molar-refractivity contribution in [2.45, 2.75) is 18.7 Å². The van der Waals surface area contributed by atoms with Gasteiger partial charge in [-0.25, -0.2) is 8.42 Å². The predicted octanol–water partition coefficient (Wildman–Crippen LogP) is 3.09. The lowest BCUT2D eigenvalue weighted by atomic mass is 10.2. The molecular formula is C15H15N3O3S. The standard InChI is InChI=1S/C15H15N3O3S/c1-10-8-9-13(21-10)14-11(2)15(17-16-14)18-22(19,20)12-6-4-3-5-7-12/h3-9H,1-2H3,(H2,16,17,18). The van der Waals surface area contributed by atoms with E-state index >= 15 is 0 Å². The molecule has 6 nitrogen and oxygen atoms in total. The molecule has 0 atom stereocenters. The number of rotatable bonds is 4. The lowest BCUT2D eigenvalue weighted by molar-refractivity contribution is 0.546. The molecule has 0 unspecified atom stereocenters. The van der Waals surface area contributed by atoms with Crippen molar-refractivity contribution >= 4 is 15.8 Å². The van der Waals surface area contributed by atoms with Crippen molar-refractivity contribution in [2.75, 3.05) is 4.72 Å². The van der Waals surface area contributed by atoms with Crippen molar-refractivity contribution in [1.82, 2.24) is 10.2 Å². The van der Waals surface area contributed by atoms with E-state index in [9.17, 15) is 8.42 Å². The Kier molecular flexibility index (Phi) is 3.50. The molecule has 7 heteroatoms. The maximum absolute atomic E-state index is 12.3. The normalized spacial score (nSPS) is 11.5. The molecule has 114 valence electrons. The van der Waals surface area contributed by atoms with E-state index in [0.29, 0.717) is 17.0 Å². The Morgan fingerprint density at radius 3 is 2.45 bits per heavy atom. The smallest absolute Gasteiger partial charge is 0.263 e. The topological polar surface area (TPSA) is 88.0 Å². The molecule has 3 aromatic rings. The van der Waals surface area contributed by atoms with Crippen molar-refractivity contribution in [3.05, 3.63) is 53.8 Å². The SMILES string of the molecule is Cc1ccc(-c2[nH]nc(NS(=O)(=O)c3ccccc3)c2C)o1. The molecule has 3 rings (SSSR count). The van der Waals surface area contributed by atoms with E-state index in [1.165, 1.54) is 12.1 Å². The molecule has 0 aliphatic carbocycles. The van der Waals surface area contributed by atoms with Crippen LogP contribution in [0.5, 0.6) is 0 Å². The molecule has 22 heavy (non-hydrogen) atoms. The fourth-order valence-electron chi connectivity index (χ4n) is 2.09. The van der Waals surface area contributed by atoms with Gasteiger partial charge in [0.1, 0.15) is 11.5 Å². The van der Waals surface area contributed by atoms with Crippen LogP contribution in [0, 0.1) is 13.8 Å². The Hall–Kier alpha value is -2.54. The molecule has 0 saturated heterocycles. The monoisotopic (exact) mass is 317 g/mol. The van der Waals surface area contributed by atoms with Crippen LogP contribution in [-0.2, 0) is 10.0 Å². The van der Waals surface area contributed by atoms with Crippen molar-refractivity contribution in [1.29, 1.82) is 0 Å². The van der Waals surface area contributed by atoms with Crippen LogP contribution in [0.15, 0.2) is 51.8 Å². The predicted molar refractivity (Wildman–Crippen MR) is 83.0 cm³/mol. The van der Waals surface area contributed by atoms with Gasteiger partial charge in [-0.1, -0.05) is 18.2 Å². The number of anilines is 1. The summed E-state index contributed by atoms with van der Waals surface area (Å²) in [5, 5.41) is 6.84. The van der Waals surface area contributed by atoms with Crippen LogP contribution in [0.1, 0.15) is 11.3 Å². The Morgan fingerprint density at radius 2 is 1.82 bits per heavy atom. The van der Waals surface area contributed by atoms with Gasteiger partial charge in [0.25, 0.3) is 10.0 Å². The second-order valence-electron chi connectivity index (χ2n) is 4.90. The Labute approximate surface area is 128 Å². The van der Waals surface area contributed by atoms with E-state index in [1.54, 1.807) is 25.1 Å². The number of nitrogens with zero attached hydrogens (tertiary/aromatic N) is 1. The van der Waals surface area contributed by atoms with Crippen molar-refractivity contribution in [2.24, 2.45) is 0 Å². The lowest BCUT2D eigenvalue weighted by Gasteiger charge is -2.06. The molecule has 0 fully saturated rings. The fourth-order valence-corrected chi connectivity index (χ4v) is 3.18. The largest absolute Gasteiger partial charge is 0.460 e. The molecule has 0 spiro atoms. The summed E-state index contributed by atoms with van der Waals surface area (Å²) in [6.45, 7) is 3.62. The first-order valence-corrected chi connectivity index (χ1v) is 8.15. The van der Waals surface area contributed by atoms with E-state index in [0.717, 1.165) is 5.76 Å². The third kappa shape index (κ3) is 2.62. The first-order valence-electron chi connectivity index (χ1n) is 6.67. The third-order valence-electron chi connectivity index (χ3n) is 3.28. The number of H-pyrrole nitrogens is 1. The van der Waals surface area contributed by atoms with Crippen molar-refractivity contribution in [3.8, 4) is 11.5 Å². The summed E-state index contributed by atoms with van der Waals surface area (Å²) in [4.78, 5) is 0.188. The van der Waals surface area contributed by atoms with Gasteiger partial charge in [-0.15, -0.1) is 0 Å². The second kappa shape index (κ2) is 5.34. The summed E-state index contributed by atoms with van der Waals surface area (Å²) in [6.07, 6.45) is 0.